The summed E-state index contributed by atoms with van der Waals surface area (Å²) in [5.74, 6) is -2.43. The van der Waals surface area contributed by atoms with E-state index in [0.29, 0.717) is 37.0 Å². The number of rotatable bonds is 8. The van der Waals surface area contributed by atoms with Gasteiger partial charge < -0.3 is 55.5 Å². The van der Waals surface area contributed by atoms with Crippen LogP contribution in [-0.2, 0) is 9.47 Å². The van der Waals surface area contributed by atoms with Gasteiger partial charge in [0.25, 0.3) is 5.91 Å². The molecule has 21 heteroatoms. The molecule has 4 fully saturated rings. The maximum atomic E-state index is 13.6. The molecule has 0 spiro atoms. The Morgan fingerprint density at radius 3 is 1.68 bits per heavy atom. The van der Waals surface area contributed by atoms with Crippen LogP contribution in [0.3, 0.4) is 0 Å². The zero-order valence-corrected chi connectivity index (χ0v) is 37.1. The number of methoxy groups -OCH3 is 2. The molecule has 8 rings (SSSR count). The first-order chi connectivity index (χ1) is 31.4. The molecule has 0 aliphatic carbocycles. The average molecular weight is 944 g/mol. The van der Waals surface area contributed by atoms with Crippen molar-refractivity contribution in [1.29, 1.82) is 0 Å². The fourth-order valence-corrected chi connectivity index (χ4v) is 7.91. The highest BCUT2D eigenvalue weighted by Gasteiger charge is 2.33. The van der Waals surface area contributed by atoms with Gasteiger partial charge in [-0.25, -0.2) is 23.2 Å². The van der Waals surface area contributed by atoms with Gasteiger partial charge in [-0.2, -0.15) is 0 Å². The molecule has 0 aromatic heterocycles. The number of aromatic carboxylic acids is 1. The monoisotopic (exact) mass is 942 g/mol. The van der Waals surface area contributed by atoms with Crippen molar-refractivity contribution in [2.24, 2.45) is 0 Å². The quantitative estimate of drug-likeness (QED) is 0.114. The van der Waals surface area contributed by atoms with Crippen LogP contribution in [0.1, 0.15) is 20.7 Å². The molecule has 348 valence electrons. The van der Waals surface area contributed by atoms with E-state index in [4.69, 9.17) is 47.3 Å². The first kappa shape index (κ1) is 48.7. The lowest BCUT2D eigenvalue weighted by molar-refractivity contribution is -0.0395. The summed E-state index contributed by atoms with van der Waals surface area (Å²) in [6.45, 7) is 10.6. The molecular formula is C44H50Cl2F2N8O9. The number of fused-ring (bicyclic) bond motifs is 2. The maximum absolute atomic E-state index is 13.6. The maximum Gasteiger partial charge on any atom is 0.339 e. The van der Waals surface area contributed by atoms with Gasteiger partial charge in [0.15, 0.2) is 11.5 Å². The zero-order chi connectivity index (χ0) is 46.5. The minimum Gasteiger partial charge on any atom is -0.494 e. The van der Waals surface area contributed by atoms with Crippen molar-refractivity contribution in [2.45, 2.75) is 12.1 Å². The van der Waals surface area contributed by atoms with Crippen molar-refractivity contribution in [2.75, 3.05) is 114 Å². The molecular weight excluding hydrogens is 893 g/mol. The second kappa shape index (κ2) is 23.4. The van der Waals surface area contributed by atoms with Crippen LogP contribution in [0.2, 0.25) is 10.0 Å². The van der Waals surface area contributed by atoms with E-state index in [1.165, 1.54) is 69.3 Å². The summed E-state index contributed by atoms with van der Waals surface area (Å²) in [5, 5.41) is 22.0. The van der Waals surface area contributed by atoms with Crippen LogP contribution in [-0.4, -0.2) is 149 Å². The molecule has 4 saturated heterocycles. The minimum absolute atomic E-state index is 0.000453. The second-order valence-electron chi connectivity index (χ2n) is 14.9. The number of piperazine rings is 2. The predicted octanol–water partition coefficient (Wildman–Crippen LogP) is 6.41. The molecule has 5 amide bonds. The first-order valence-corrected chi connectivity index (χ1v) is 21.4. The lowest BCUT2D eigenvalue weighted by Gasteiger charge is -2.43. The number of morpholine rings is 2. The summed E-state index contributed by atoms with van der Waals surface area (Å²) in [7, 11) is 2.72. The summed E-state index contributed by atoms with van der Waals surface area (Å²) in [5.41, 5.74) is 0.911. The van der Waals surface area contributed by atoms with E-state index >= 15 is 0 Å². The van der Waals surface area contributed by atoms with Gasteiger partial charge in [0, 0.05) is 58.4 Å². The average Bonchev–Trinajstić information content (AvgIpc) is 3.31. The molecule has 4 aliphatic rings. The van der Waals surface area contributed by atoms with Crippen LogP contribution in [0.5, 0.6) is 11.5 Å². The molecule has 2 atom stereocenters. The molecule has 4 aromatic carbocycles. The Balaban J connectivity index is 0.000000183. The number of halogens is 4. The van der Waals surface area contributed by atoms with Crippen LogP contribution < -0.4 is 36.1 Å². The number of benzene rings is 4. The van der Waals surface area contributed by atoms with Gasteiger partial charge in [-0.05, 0) is 48.5 Å². The van der Waals surface area contributed by atoms with Gasteiger partial charge in [0.2, 0.25) is 0 Å². The van der Waals surface area contributed by atoms with Gasteiger partial charge >= 0.3 is 18.0 Å². The Morgan fingerprint density at radius 2 is 1.14 bits per heavy atom. The number of ether oxygens (including phenoxy) is 4. The second-order valence-corrected chi connectivity index (χ2v) is 15.7. The fraction of sp³-hybridized carbons (Fsp3) is 0.364. The van der Waals surface area contributed by atoms with Gasteiger partial charge in [0.1, 0.15) is 17.2 Å². The number of carboxylic acid groups (broad SMARTS) is 1. The molecule has 65 heavy (non-hydrogen) atoms. The lowest BCUT2D eigenvalue weighted by atomic mass is 10.1. The Kier molecular flexibility index (Phi) is 17.5. The molecule has 0 bridgehead atoms. The number of urea groups is 2. The van der Waals surface area contributed by atoms with Crippen molar-refractivity contribution in [3.63, 3.8) is 0 Å². The summed E-state index contributed by atoms with van der Waals surface area (Å²) in [6.07, 6.45) is 0. The van der Waals surface area contributed by atoms with Crippen molar-refractivity contribution in [3.8, 4) is 11.5 Å². The first-order valence-electron chi connectivity index (χ1n) is 20.6. The number of carbonyl (C=O) groups is 4. The number of nitrogens with one attached hydrogen (secondary N) is 5. The van der Waals surface area contributed by atoms with Crippen molar-refractivity contribution >= 4 is 69.9 Å². The molecule has 0 saturated carbocycles. The molecule has 4 aromatic rings. The number of hydrogen-bond donors (Lipinski definition) is 6. The highest BCUT2D eigenvalue weighted by atomic mass is 35.5. The number of carbonyl (C=O) groups excluding carboxylic acids is 3. The van der Waals surface area contributed by atoms with Crippen LogP contribution in [0.25, 0.3) is 0 Å². The van der Waals surface area contributed by atoms with E-state index in [2.05, 4.69) is 36.4 Å². The van der Waals surface area contributed by atoms with Crippen molar-refractivity contribution in [3.05, 3.63) is 106 Å². The Morgan fingerprint density at radius 1 is 0.662 bits per heavy atom. The van der Waals surface area contributed by atoms with Gasteiger partial charge in [0.05, 0.1) is 85.0 Å². The van der Waals surface area contributed by atoms with Gasteiger partial charge in [-0.1, -0.05) is 47.5 Å². The topological polar surface area (TPSA) is 195 Å². The number of para-hydroxylation sites is 2. The highest BCUT2D eigenvalue weighted by molar-refractivity contribution is 6.34. The third-order valence-electron chi connectivity index (χ3n) is 10.8. The SMILES string of the molecule is C1CN2CCOCC2CN1.COc1c(NC(=O)Nc2cccc(F)c2Cl)cccc1C(=O)N1CCN2CCOCC2C1.COc1c(NC(=O)Nc2cccc(F)c2Cl)cccc1C(=O)O. The number of hydrogen-bond acceptors (Lipinski definition) is 11. The Hall–Kier alpha value is -5.80. The van der Waals surface area contributed by atoms with Crippen LogP contribution in [0, 0.1) is 11.6 Å². The number of anilines is 4. The summed E-state index contributed by atoms with van der Waals surface area (Å²) < 4.78 is 48.4. The molecule has 4 heterocycles. The van der Waals surface area contributed by atoms with E-state index in [-0.39, 0.29) is 56.1 Å². The molecule has 4 aliphatic heterocycles. The van der Waals surface area contributed by atoms with E-state index in [0.717, 1.165) is 58.6 Å². The van der Waals surface area contributed by atoms with Crippen LogP contribution in [0.4, 0.5) is 41.1 Å². The van der Waals surface area contributed by atoms with Gasteiger partial charge in [-0.3, -0.25) is 14.6 Å². The van der Waals surface area contributed by atoms with E-state index < -0.39 is 29.7 Å². The van der Waals surface area contributed by atoms with E-state index in [1.807, 2.05) is 0 Å². The smallest absolute Gasteiger partial charge is 0.339 e. The van der Waals surface area contributed by atoms with E-state index in [9.17, 15) is 28.0 Å². The zero-order valence-electron chi connectivity index (χ0n) is 35.6. The Labute approximate surface area is 384 Å². The summed E-state index contributed by atoms with van der Waals surface area (Å²) >= 11 is 11.6. The number of nitrogens with zero attached hydrogens (tertiary/aromatic N) is 3. The molecule has 6 N–H and O–H groups in total. The third kappa shape index (κ3) is 12.7. The standard InChI is InChI=1S/C22H24ClFN4O4.C15H12ClFN2O4.C7H14N2O/c1-31-20-15(21(29)28-9-8-27-10-11-32-13-14(27)12-28)4-2-7-18(20)26-22(30)25-17-6-3-5-16(24)19(17)23;1-23-13-8(14(20)21)4-2-7-11(13)19-15(22)18-10-6-3-5-9(17)12(10)16;1-2-9-3-4-10-6-7(9)5-8-1/h2-7,14H,8-13H2,1H3,(H2,25,26,30);2-7H,1H3,(H,20,21)(H2,18,19,22);7-8H,1-6H2. The summed E-state index contributed by atoms with van der Waals surface area (Å²) in [4.78, 5) is 55.5. The lowest BCUT2D eigenvalue weighted by Crippen LogP contribution is -2.59. The Bertz CT molecular complexity index is 2310. The minimum atomic E-state index is -1.20. The fourth-order valence-electron chi connectivity index (χ4n) is 7.56. The third-order valence-corrected chi connectivity index (χ3v) is 11.6. The largest absolute Gasteiger partial charge is 0.494 e. The van der Waals surface area contributed by atoms with Crippen molar-refractivity contribution < 1.29 is 52.0 Å². The molecule has 0 radical (unpaired) electrons. The molecule has 2 unspecified atom stereocenters. The van der Waals surface area contributed by atoms with Crippen LogP contribution >= 0.6 is 23.2 Å². The number of amides is 5. The molecule has 17 nitrogen and oxygen atoms in total. The summed E-state index contributed by atoms with van der Waals surface area (Å²) in [6, 6.07) is 16.8. The highest BCUT2D eigenvalue weighted by Crippen LogP contribution is 2.32. The van der Waals surface area contributed by atoms with E-state index in [1.54, 1.807) is 23.1 Å². The van der Waals surface area contributed by atoms with Gasteiger partial charge in [-0.15, -0.1) is 0 Å². The van der Waals surface area contributed by atoms with Crippen molar-refractivity contribution in [1.82, 2.24) is 20.0 Å². The number of carboxylic acids is 1. The predicted molar refractivity (Wildman–Crippen MR) is 242 cm³/mol. The normalized spacial score (nSPS) is 18.2. The van der Waals surface area contributed by atoms with Crippen LogP contribution in [0.15, 0.2) is 72.8 Å².